The van der Waals surface area contributed by atoms with Gasteiger partial charge in [-0.2, -0.15) is 0 Å². The summed E-state index contributed by atoms with van der Waals surface area (Å²) in [5.74, 6) is 1.60. The molecule has 3 aromatic rings. The van der Waals surface area contributed by atoms with Crippen molar-refractivity contribution in [1.29, 1.82) is 0 Å². The summed E-state index contributed by atoms with van der Waals surface area (Å²) in [5, 5.41) is 7.26. The second-order valence-corrected chi connectivity index (χ2v) is 8.88. The Balaban J connectivity index is 1.56. The van der Waals surface area contributed by atoms with Gasteiger partial charge in [0.05, 0.1) is 31.6 Å². The number of methoxy groups -OCH3 is 2. The molecule has 0 spiro atoms. The zero-order valence-electron chi connectivity index (χ0n) is 19.9. The average Bonchev–Trinajstić information content (AvgIpc) is 3.05. The number of Topliss-reactive ketones (excluding diaryl/α,β-unsaturated/α-hetero) is 1. The van der Waals surface area contributed by atoms with Crippen LogP contribution in [0.1, 0.15) is 48.4 Å². The summed E-state index contributed by atoms with van der Waals surface area (Å²) in [6.45, 7) is 2.15. The van der Waals surface area contributed by atoms with Crippen LogP contribution < -0.4 is 20.1 Å². The van der Waals surface area contributed by atoms with Gasteiger partial charge in [0.1, 0.15) is 0 Å². The first-order valence-corrected chi connectivity index (χ1v) is 11.8. The number of anilines is 2. The van der Waals surface area contributed by atoms with E-state index in [9.17, 15) is 4.79 Å². The van der Waals surface area contributed by atoms with Gasteiger partial charge < -0.3 is 20.1 Å². The smallest absolute Gasteiger partial charge is 0.163 e. The maximum absolute atomic E-state index is 13.7. The van der Waals surface area contributed by atoms with Crippen molar-refractivity contribution in [1.82, 2.24) is 0 Å². The van der Waals surface area contributed by atoms with Crippen molar-refractivity contribution in [2.24, 2.45) is 0 Å². The molecule has 5 heteroatoms. The normalized spacial score (nSPS) is 19.3. The fourth-order valence-corrected chi connectivity index (χ4v) is 5.03. The van der Waals surface area contributed by atoms with E-state index in [1.807, 2.05) is 30.3 Å². The van der Waals surface area contributed by atoms with Crippen molar-refractivity contribution < 1.29 is 14.3 Å². The van der Waals surface area contributed by atoms with Crippen molar-refractivity contribution in [2.75, 3.05) is 24.9 Å². The van der Waals surface area contributed by atoms with E-state index >= 15 is 0 Å². The minimum Gasteiger partial charge on any atom is -0.493 e. The van der Waals surface area contributed by atoms with Crippen molar-refractivity contribution in [3.05, 3.63) is 94.7 Å². The Morgan fingerprint density at radius 1 is 0.853 bits per heavy atom. The van der Waals surface area contributed by atoms with Crippen LogP contribution in [-0.2, 0) is 11.2 Å². The lowest BCUT2D eigenvalue weighted by atomic mass is 9.78. The molecule has 0 aromatic heterocycles. The van der Waals surface area contributed by atoms with E-state index < -0.39 is 0 Å². The molecule has 1 aliphatic heterocycles. The molecule has 34 heavy (non-hydrogen) atoms. The Morgan fingerprint density at radius 2 is 1.56 bits per heavy atom. The number of benzene rings is 3. The number of para-hydroxylation sites is 2. The van der Waals surface area contributed by atoms with E-state index in [1.54, 1.807) is 14.2 Å². The van der Waals surface area contributed by atoms with Gasteiger partial charge in [-0.25, -0.2) is 0 Å². The monoisotopic (exact) mass is 454 g/mol. The second-order valence-electron chi connectivity index (χ2n) is 8.88. The van der Waals surface area contributed by atoms with E-state index in [0.29, 0.717) is 17.9 Å². The SMILES string of the molecule is CCc1ccc([C@@H]2Nc3ccccc3NC3=C2C(=O)C[C@H](c2ccc(OC)c(OC)c2)C3)cc1. The first-order chi connectivity index (χ1) is 16.6. The predicted octanol–water partition coefficient (Wildman–Crippen LogP) is 6.25. The molecular formula is C29H30N2O3. The van der Waals surface area contributed by atoms with Gasteiger partial charge in [0, 0.05) is 17.7 Å². The van der Waals surface area contributed by atoms with Crippen LogP contribution in [0.3, 0.4) is 0 Å². The van der Waals surface area contributed by atoms with Crippen LogP contribution in [0.5, 0.6) is 11.5 Å². The molecule has 0 saturated carbocycles. The first kappa shape index (κ1) is 22.1. The van der Waals surface area contributed by atoms with Gasteiger partial charge >= 0.3 is 0 Å². The van der Waals surface area contributed by atoms with Gasteiger partial charge in [-0.05, 0) is 59.7 Å². The zero-order chi connectivity index (χ0) is 23.7. The summed E-state index contributed by atoms with van der Waals surface area (Å²) < 4.78 is 10.9. The molecule has 1 heterocycles. The van der Waals surface area contributed by atoms with Crippen LogP contribution >= 0.6 is 0 Å². The molecule has 174 valence electrons. The molecule has 0 fully saturated rings. The van der Waals surface area contributed by atoms with Crippen LogP contribution in [0.25, 0.3) is 0 Å². The number of rotatable bonds is 5. The molecule has 3 aromatic carbocycles. The van der Waals surface area contributed by atoms with E-state index in [1.165, 1.54) is 5.56 Å². The Morgan fingerprint density at radius 3 is 2.26 bits per heavy atom. The summed E-state index contributed by atoms with van der Waals surface area (Å²) in [5.41, 5.74) is 7.26. The van der Waals surface area contributed by atoms with E-state index in [0.717, 1.165) is 46.6 Å². The molecular weight excluding hydrogens is 424 g/mol. The van der Waals surface area contributed by atoms with Gasteiger partial charge in [0.25, 0.3) is 0 Å². The summed E-state index contributed by atoms with van der Waals surface area (Å²) in [6.07, 6.45) is 2.19. The zero-order valence-corrected chi connectivity index (χ0v) is 19.9. The van der Waals surface area contributed by atoms with Crippen molar-refractivity contribution in [3.63, 3.8) is 0 Å². The van der Waals surface area contributed by atoms with Crippen LogP contribution in [0.4, 0.5) is 11.4 Å². The number of ketones is 1. The number of fused-ring (bicyclic) bond motifs is 1. The molecule has 0 saturated heterocycles. The van der Waals surface area contributed by atoms with Crippen molar-refractivity contribution in [3.8, 4) is 11.5 Å². The highest BCUT2D eigenvalue weighted by Crippen LogP contribution is 2.45. The predicted molar refractivity (Wildman–Crippen MR) is 136 cm³/mol. The number of carbonyl (C=O) groups excluding carboxylic acids is 1. The molecule has 2 aliphatic rings. The maximum atomic E-state index is 13.7. The molecule has 2 atom stereocenters. The van der Waals surface area contributed by atoms with Crippen molar-refractivity contribution >= 4 is 17.2 Å². The fraction of sp³-hybridized carbons (Fsp3) is 0.276. The number of carbonyl (C=O) groups is 1. The lowest BCUT2D eigenvalue weighted by molar-refractivity contribution is -0.116. The third-order valence-corrected chi connectivity index (χ3v) is 6.91. The Bertz CT molecular complexity index is 1250. The van der Waals surface area contributed by atoms with Gasteiger partial charge in [-0.1, -0.05) is 49.4 Å². The van der Waals surface area contributed by atoms with Gasteiger partial charge in [0.2, 0.25) is 0 Å². The maximum Gasteiger partial charge on any atom is 0.163 e. The number of hydrogen-bond donors (Lipinski definition) is 2. The van der Waals surface area contributed by atoms with E-state index in [4.69, 9.17) is 9.47 Å². The highest BCUT2D eigenvalue weighted by molar-refractivity contribution is 6.01. The van der Waals surface area contributed by atoms with Crippen LogP contribution in [0.2, 0.25) is 0 Å². The lowest BCUT2D eigenvalue weighted by Crippen LogP contribution is -2.26. The minimum absolute atomic E-state index is 0.0620. The van der Waals surface area contributed by atoms with Crippen LogP contribution in [-0.4, -0.2) is 20.0 Å². The molecule has 0 radical (unpaired) electrons. The number of hydrogen-bond acceptors (Lipinski definition) is 5. The Hall–Kier alpha value is -3.73. The standard InChI is InChI=1S/C29H30N2O3/c1-4-18-9-11-19(12-10-18)29-28-24(30-22-7-5-6-8-23(22)31-29)15-21(16-25(28)32)20-13-14-26(33-2)27(17-20)34-3/h5-14,17,21,29-31H,4,15-16H2,1-3H3/t21-,29+/m1/s1. The topological polar surface area (TPSA) is 59.6 Å². The third-order valence-electron chi connectivity index (χ3n) is 6.91. The Labute approximate surface area is 200 Å². The summed E-state index contributed by atoms with van der Waals surface area (Å²) in [6, 6.07) is 22.5. The molecule has 0 bridgehead atoms. The number of ether oxygens (including phenoxy) is 2. The third kappa shape index (κ3) is 4.03. The first-order valence-electron chi connectivity index (χ1n) is 11.8. The fourth-order valence-electron chi connectivity index (χ4n) is 5.03. The number of aryl methyl sites for hydroxylation is 1. The Kier molecular flexibility index (Phi) is 6.01. The number of allylic oxidation sites excluding steroid dienone is 1. The number of nitrogens with one attached hydrogen (secondary N) is 2. The molecule has 2 N–H and O–H groups in total. The van der Waals surface area contributed by atoms with Gasteiger partial charge in [-0.3, -0.25) is 4.79 Å². The molecule has 1 aliphatic carbocycles. The average molecular weight is 455 g/mol. The summed E-state index contributed by atoms with van der Waals surface area (Å²) in [4.78, 5) is 13.7. The summed E-state index contributed by atoms with van der Waals surface area (Å²) in [7, 11) is 3.27. The van der Waals surface area contributed by atoms with Gasteiger partial charge in [-0.15, -0.1) is 0 Å². The highest BCUT2D eigenvalue weighted by Gasteiger charge is 2.36. The van der Waals surface area contributed by atoms with Crippen molar-refractivity contribution in [2.45, 2.75) is 38.1 Å². The van der Waals surface area contributed by atoms with E-state index in [-0.39, 0.29) is 17.7 Å². The highest BCUT2D eigenvalue weighted by atomic mass is 16.5. The molecule has 5 rings (SSSR count). The molecule has 0 unspecified atom stereocenters. The van der Waals surface area contributed by atoms with E-state index in [2.05, 4.69) is 54.0 Å². The minimum atomic E-state index is -0.198. The summed E-state index contributed by atoms with van der Waals surface area (Å²) >= 11 is 0. The second kappa shape index (κ2) is 9.26. The van der Waals surface area contributed by atoms with Crippen LogP contribution in [0, 0.1) is 0 Å². The largest absolute Gasteiger partial charge is 0.493 e. The molecule has 0 amide bonds. The quantitative estimate of drug-likeness (QED) is 0.477. The lowest BCUT2D eigenvalue weighted by Gasteiger charge is -2.30. The van der Waals surface area contributed by atoms with Gasteiger partial charge in [0.15, 0.2) is 17.3 Å². The van der Waals surface area contributed by atoms with Crippen LogP contribution in [0.15, 0.2) is 78.0 Å². The molecule has 5 nitrogen and oxygen atoms in total.